The van der Waals surface area contributed by atoms with Crippen LogP contribution >= 0.6 is 11.6 Å². The molecule has 0 saturated heterocycles. The van der Waals surface area contributed by atoms with Gasteiger partial charge in [0.05, 0.1) is 18.8 Å². The predicted molar refractivity (Wildman–Crippen MR) is 112 cm³/mol. The van der Waals surface area contributed by atoms with E-state index in [0.717, 1.165) is 4.68 Å². The van der Waals surface area contributed by atoms with Gasteiger partial charge in [-0.2, -0.15) is 18.3 Å². The van der Waals surface area contributed by atoms with Crippen LogP contribution in [0.3, 0.4) is 0 Å². The van der Waals surface area contributed by atoms with E-state index in [4.69, 9.17) is 16.3 Å². The summed E-state index contributed by atoms with van der Waals surface area (Å²) >= 11 is 5.87. The van der Waals surface area contributed by atoms with Crippen LogP contribution in [0.4, 0.5) is 24.7 Å². The first-order chi connectivity index (χ1) is 15.2. The number of alkyl halides is 3. The third kappa shape index (κ3) is 4.31. The summed E-state index contributed by atoms with van der Waals surface area (Å²) in [6, 6.07) is 9.42. The first-order valence-corrected chi connectivity index (χ1v) is 9.90. The van der Waals surface area contributed by atoms with Crippen LogP contribution in [0.25, 0.3) is 0 Å². The van der Waals surface area contributed by atoms with Crippen molar-refractivity contribution >= 4 is 29.0 Å². The molecule has 2 heterocycles. The number of phenolic OH excluding ortho intramolecular Hbond substituents is 1. The lowest BCUT2D eigenvalue weighted by Gasteiger charge is -2.33. The van der Waals surface area contributed by atoms with Crippen LogP contribution in [0, 0.1) is 0 Å². The number of aromatic hydroxyl groups is 1. The van der Waals surface area contributed by atoms with E-state index in [9.17, 15) is 23.1 Å². The van der Waals surface area contributed by atoms with Crippen molar-refractivity contribution < 1.29 is 27.8 Å². The summed E-state index contributed by atoms with van der Waals surface area (Å²) in [4.78, 5) is 12.6. The Kier molecular flexibility index (Phi) is 5.64. The van der Waals surface area contributed by atoms with Gasteiger partial charge in [0.2, 0.25) is 0 Å². The Morgan fingerprint density at radius 3 is 2.62 bits per heavy atom. The summed E-state index contributed by atoms with van der Waals surface area (Å²) in [7, 11) is 1.50. The Hall–Kier alpha value is -3.40. The van der Waals surface area contributed by atoms with Crippen LogP contribution in [0.15, 0.2) is 48.5 Å². The number of ether oxygens (including phenoxy) is 1. The third-order valence-corrected chi connectivity index (χ3v) is 5.38. The highest BCUT2D eigenvalue weighted by atomic mass is 35.5. The summed E-state index contributed by atoms with van der Waals surface area (Å²) in [5.41, 5.74) is 0.420. The first kappa shape index (κ1) is 21.8. The van der Waals surface area contributed by atoms with E-state index in [-0.39, 0.29) is 34.4 Å². The number of anilines is 2. The minimum absolute atomic E-state index is 0.0184. The van der Waals surface area contributed by atoms with Crippen molar-refractivity contribution in [2.75, 3.05) is 17.7 Å². The number of benzene rings is 2. The number of nitrogens with one attached hydrogen (secondary N) is 2. The van der Waals surface area contributed by atoms with Crippen molar-refractivity contribution in [2.24, 2.45) is 0 Å². The lowest BCUT2D eigenvalue weighted by Crippen LogP contribution is -2.35. The number of carbonyl (C=O) groups is 1. The number of hydrogen-bond acceptors (Lipinski definition) is 5. The molecule has 2 atom stereocenters. The van der Waals surface area contributed by atoms with Gasteiger partial charge in [0.1, 0.15) is 17.3 Å². The van der Waals surface area contributed by atoms with Crippen LogP contribution in [0.1, 0.15) is 34.6 Å². The van der Waals surface area contributed by atoms with Crippen LogP contribution in [0.5, 0.6) is 11.5 Å². The molecule has 0 aliphatic carbocycles. The summed E-state index contributed by atoms with van der Waals surface area (Å²) < 4.78 is 47.3. The fourth-order valence-corrected chi connectivity index (χ4v) is 3.71. The maximum Gasteiger partial charge on any atom is 0.410 e. The molecule has 1 aliphatic heterocycles. The molecule has 0 radical (unpaired) electrons. The van der Waals surface area contributed by atoms with Gasteiger partial charge >= 0.3 is 6.18 Å². The van der Waals surface area contributed by atoms with Gasteiger partial charge in [-0.15, -0.1) is 0 Å². The van der Waals surface area contributed by atoms with Crippen LogP contribution in [0.2, 0.25) is 5.02 Å². The number of halogens is 4. The highest BCUT2D eigenvalue weighted by molar-refractivity contribution is 6.31. The van der Waals surface area contributed by atoms with E-state index >= 15 is 0 Å². The second-order valence-electron chi connectivity index (χ2n) is 7.24. The Morgan fingerprint density at radius 1 is 1.25 bits per heavy atom. The van der Waals surface area contributed by atoms with Gasteiger partial charge in [0.25, 0.3) is 5.91 Å². The zero-order valence-electron chi connectivity index (χ0n) is 16.7. The molecule has 1 amide bonds. The highest BCUT2D eigenvalue weighted by Crippen LogP contribution is 2.44. The molecule has 3 aromatic rings. The smallest absolute Gasteiger partial charge is 0.410 e. The van der Waals surface area contributed by atoms with Crippen molar-refractivity contribution in [3.05, 3.63) is 64.8 Å². The molecule has 0 saturated carbocycles. The molecule has 0 bridgehead atoms. The molecular formula is C21H18ClF3N4O3. The number of amides is 1. The Bertz CT molecular complexity index is 1150. The van der Waals surface area contributed by atoms with Gasteiger partial charge in [-0.05, 0) is 35.9 Å². The lowest BCUT2D eigenvalue weighted by molar-refractivity contribution is -0.173. The Balaban J connectivity index is 1.64. The number of nitrogens with zero attached hydrogens (tertiary/aromatic N) is 2. The Morgan fingerprint density at radius 2 is 1.97 bits per heavy atom. The average Bonchev–Trinajstić information content (AvgIpc) is 3.19. The van der Waals surface area contributed by atoms with Gasteiger partial charge in [-0.3, -0.25) is 4.79 Å². The maximum absolute atomic E-state index is 13.8. The molecule has 3 N–H and O–H groups in total. The standard InChI is InChI=1S/C21H18ClF3N4O3/c1-32-13-5-2-11(3-6-13)14-9-18(21(23,24)25)29-19(26-14)10-16(28-29)20(31)27-15-8-12(22)4-7-17(15)30/h2-8,10,14,18,26,30H,9H2,1H3,(H,27,31)/t14-,18+/m1/s1. The fraction of sp³-hybridized carbons (Fsp3) is 0.238. The molecule has 11 heteroatoms. The van der Waals surface area contributed by atoms with E-state index in [0.29, 0.717) is 11.3 Å². The van der Waals surface area contributed by atoms with E-state index in [1.165, 1.54) is 31.4 Å². The maximum atomic E-state index is 13.8. The molecule has 1 aliphatic rings. The Labute approximate surface area is 185 Å². The van der Waals surface area contributed by atoms with E-state index in [1.54, 1.807) is 24.3 Å². The zero-order chi connectivity index (χ0) is 23.0. The summed E-state index contributed by atoms with van der Waals surface area (Å²) in [5, 5.41) is 19.5. The predicted octanol–water partition coefficient (Wildman–Crippen LogP) is 5.16. The molecule has 4 rings (SSSR count). The van der Waals surface area contributed by atoms with Crippen LogP contribution in [-0.4, -0.2) is 34.1 Å². The quantitative estimate of drug-likeness (QED) is 0.462. The minimum atomic E-state index is -4.58. The number of rotatable bonds is 4. The number of aromatic nitrogens is 2. The molecule has 0 fully saturated rings. The molecule has 168 valence electrons. The summed E-state index contributed by atoms with van der Waals surface area (Å²) in [6.07, 6.45) is -4.88. The number of phenols is 1. The van der Waals surface area contributed by atoms with Gasteiger partial charge in [-0.25, -0.2) is 4.68 Å². The average molecular weight is 467 g/mol. The molecule has 0 spiro atoms. The number of carbonyl (C=O) groups excluding carboxylic acids is 1. The fourth-order valence-electron chi connectivity index (χ4n) is 3.53. The topological polar surface area (TPSA) is 88.4 Å². The van der Waals surface area contributed by atoms with E-state index in [1.807, 2.05) is 0 Å². The van der Waals surface area contributed by atoms with Gasteiger partial charge in [-0.1, -0.05) is 23.7 Å². The van der Waals surface area contributed by atoms with Crippen LogP contribution < -0.4 is 15.4 Å². The van der Waals surface area contributed by atoms with Crippen molar-refractivity contribution in [1.82, 2.24) is 9.78 Å². The van der Waals surface area contributed by atoms with E-state index in [2.05, 4.69) is 15.7 Å². The number of fused-ring (bicyclic) bond motifs is 1. The molecule has 2 aromatic carbocycles. The normalized spacial score (nSPS) is 17.9. The first-order valence-electron chi connectivity index (χ1n) is 9.52. The largest absolute Gasteiger partial charge is 0.506 e. The molecular weight excluding hydrogens is 449 g/mol. The molecule has 0 unspecified atom stereocenters. The minimum Gasteiger partial charge on any atom is -0.506 e. The monoisotopic (exact) mass is 466 g/mol. The van der Waals surface area contributed by atoms with Crippen molar-refractivity contribution in [3.63, 3.8) is 0 Å². The second kappa shape index (κ2) is 8.27. The highest BCUT2D eigenvalue weighted by Gasteiger charge is 2.46. The van der Waals surface area contributed by atoms with Gasteiger partial charge in [0.15, 0.2) is 11.7 Å². The lowest BCUT2D eigenvalue weighted by atomic mass is 9.97. The second-order valence-corrected chi connectivity index (χ2v) is 7.67. The van der Waals surface area contributed by atoms with Crippen molar-refractivity contribution in [3.8, 4) is 11.5 Å². The molecule has 32 heavy (non-hydrogen) atoms. The number of methoxy groups -OCH3 is 1. The zero-order valence-corrected chi connectivity index (χ0v) is 17.4. The van der Waals surface area contributed by atoms with Gasteiger partial charge in [0, 0.05) is 17.5 Å². The van der Waals surface area contributed by atoms with Gasteiger partial charge < -0.3 is 20.5 Å². The molecule has 1 aromatic heterocycles. The van der Waals surface area contributed by atoms with Crippen molar-refractivity contribution in [2.45, 2.75) is 24.7 Å². The summed E-state index contributed by atoms with van der Waals surface area (Å²) in [6.45, 7) is 0. The third-order valence-electron chi connectivity index (χ3n) is 5.15. The SMILES string of the molecule is COc1ccc([C@H]2C[C@@H](C(F)(F)F)n3nc(C(=O)Nc4cc(Cl)ccc4O)cc3N2)cc1. The van der Waals surface area contributed by atoms with Crippen LogP contribution in [-0.2, 0) is 0 Å². The number of hydrogen-bond donors (Lipinski definition) is 3. The molecule has 7 nitrogen and oxygen atoms in total. The van der Waals surface area contributed by atoms with Crippen molar-refractivity contribution in [1.29, 1.82) is 0 Å². The summed E-state index contributed by atoms with van der Waals surface area (Å²) in [5.74, 6) is -0.379. The van der Waals surface area contributed by atoms with E-state index < -0.39 is 24.2 Å².